The molecule has 0 aliphatic rings. The number of anilines is 1. The van der Waals surface area contributed by atoms with E-state index >= 15 is 0 Å². The van der Waals surface area contributed by atoms with Crippen molar-refractivity contribution in [1.29, 1.82) is 0 Å². The Labute approximate surface area is 132 Å². The van der Waals surface area contributed by atoms with Crippen LogP contribution in [0.3, 0.4) is 0 Å². The van der Waals surface area contributed by atoms with Crippen LogP contribution < -0.4 is 5.32 Å². The fourth-order valence-corrected chi connectivity index (χ4v) is 1.81. The number of rotatable bonds is 5. The van der Waals surface area contributed by atoms with Gasteiger partial charge in [0.15, 0.2) is 6.61 Å². The number of esters is 1. The largest absolute Gasteiger partial charge is 0.465 e. The average molecular weight is 320 g/mol. The maximum atomic E-state index is 11.7. The van der Waals surface area contributed by atoms with Gasteiger partial charge in [0, 0.05) is 16.8 Å². The highest BCUT2D eigenvalue weighted by Gasteiger charge is 2.08. The zero-order valence-electron chi connectivity index (χ0n) is 11.8. The third kappa shape index (κ3) is 4.79. The van der Waals surface area contributed by atoms with Crippen molar-refractivity contribution in [3.8, 4) is 0 Å². The Balaban J connectivity index is 1.82. The molecule has 0 radical (unpaired) electrons. The summed E-state index contributed by atoms with van der Waals surface area (Å²) in [4.78, 5) is 23.2. The number of aryl methyl sites for hydroxylation is 1. The van der Waals surface area contributed by atoms with Gasteiger partial charge >= 0.3 is 5.97 Å². The molecule has 0 saturated carbocycles. The summed E-state index contributed by atoms with van der Waals surface area (Å²) in [5, 5.41) is 3.15. The number of hydrogen-bond acceptors (Lipinski definition) is 4. The summed E-state index contributed by atoms with van der Waals surface area (Å²) in [5.74, 6) is -0.546. The van der Waals surface area contributed by atoms with E-state index in [0.29, 0.717) is 16.5 Å². The summed E-state index contributed by atoms with van der Waals surface area (Å²) >= 11 is 5.86. The van der Waals surface area contributed by atoms with E-state index in [2.05, 4.69) is 5.32 Å². The van der Waals surface area contributed by atoms with Gasteiger partial charge < -0.3 is 14.5 Å². The molecule has 0 aliphatic carbocycles. The number of halogens is 1. The number of hydrogen-bond donors (Lipinski definition) is 1. The SMILES string of the molecule is Cc1ccc(Cl)cc1NC(=O)COC(=O)/C=C/c1ccco1. The van der Waals surface area contributed by atoms with Crippen molar-refractivity contribution in [3.05, 3.63) is 59.0 Å². The summed E-state index contributed by atoms with van der Waals surface area (Å²) in [5.41, 5.74) is 1.45. The van der Waals surface area contributed by atoms with Crippen LogP contribution in [0.2, 0.25) is 5.02 Å². The van der Waals surface area contributed by atoms with Crippen LogP contribution in [0.4, 0.5) is 5.69 Å². The Hall–Kier alpha value is -2.53. The van der Waals surface area contributed by atoms with Crippen LogP contribution in [0.1, 0.15) is 11.3 Å². The van der Waals surface area contributed by atoms with Crippen molar-refractivity contribution in [2.24, 2.45) is 0 Å². The van der Waals surface area contributed by atoms with Crippen LogP contribution in [0.15, 0.2) is 47.1 Å². The molecule has 114 valence electrons. The van der Waals surface area contributed by atoms with Crippen LogP contribution in [0, 0.1) is 6.92 Å². The lowest BCUT2D eigenvalue weighted by Crippen LogP contribution is -2.20. The van der Waals surface area contributed by atoms with E-state index in [1.165, 1.54) is 18.4 Å². The Morgan fingerprint density at radius 1 is 1.36 bits per heavy atom. The van der Waals surface area contributed by atoms with Crippen LogP contribution in [0.5, 0.6) is 0 Å². The molecule has 0 unspecified atom stereocenters. The molecule has 2 aromatic rings. The highest BCUT2D eigenvalue weighted by Crippen LogP contribution is 2.19. The Morgan fingerprint density at radius 3 is 2.91 bits per heavy atom. The molecule has 1 N–H and O–H groups in total. The first-order valence-electron chi connectivity index (χ1n) is 6.49. The van der Waals surface area contributed by atoms with Gasteiger partial charge in [-0.05, 0) is 42.8 Å². The van der Waals surface area contributed by atoms with Crippen molar-refractivity contribution in [2.45, 2.75) is 6.92 Å². The number of ether oxygens (including phenoxy) is 1. The monoisotopic (exact) mass is 319 g/mol. The topological polar surface area (TPSA) is 68.5 Å². The molecule has 0 fully saturated rings. The van der Waals surface area contributed by atoms with Gasteiger partial charge in [-0.1, -0.05) is 17.7 Å². The Bertz CT molecular complexity index is 692. The summed E-state index contributed by atoms with van der Waals surface area (Å²) < 4.78 is 9.86. The van der Waals surface area contributed by atoms with Gasteiger partial charge in [0.2, 0.25) is 0 Å². The first-order chi connectivity index (χ1) is 10.5. The molecule has 1 heterocycles. The van der Waals surface area contributed by atoms with Gasteiger partial charge in [0.25, 0.3) is 5.91 Å². The van der Waals surface area contributed by atoms with Crippen molar-refractivity contribution in [2.75, 3.05) is 11.9 Å². The van der Waals surface area contributed by atoms with E-state index in [1.54, 1.807) is 30.3 Å². The van der Waals surface area contributed by atoms with Crippen molar-refractivity contribution >= 4 is 35.2 Å². The molecule has 0 bridgehead atoms. The molecule has 1 aromatic carbocycles. The predicted octanol–water partition coefficient (Wildman–Crippen LogP) is 3.44. The molecular formula is C16H14ClNO4. The zero-order chi connectivity index (χ0) is 15.9. The molecule has 6 heteroatoms. The minimum atomic E-state index is -0.630. The van der Waals surface area contributed by atoms with Gasteiger partial charge in [-0.2, -0.15) is 0 Å². The molecule has 0 spiro atoms. The fourth-order valence-electron chi connectivity index (χ4n) is 1.64. The van der Waals surface area contributed by atoms with Gasteiger partial charge in [0.1, 0.15) is 5.76 Å². The van der Waals surface area contributed by atoms with Crippen molar-refractivity contribution in [1.82, 2.24) is 0 Å². The smallest absolute Gasteiger partial charge is 0.331 e. The van der Waals surface area contributed by atoms with Gasteiger partial charge in [-0.3, -0.25) is 4.79 Å². The van der Waals surface area contributed by atoms with Crippen molar-refractivity contribution in [3.63, 3.8) is 0 Å². The minimum absolute atomic E-state index is 0.382. The minimum Gasteiger partial charge on any atom is -0.465 e. The molecule has 2 rings (SSSR count). The van der Waals surface area contributed by atoms with Crippen LogP contribution >= 0.6 is 11.6 Å². The first-order valence-corrected chi connectivity index (χ1v) is 6.87. The molecule has 1 aromatic heterocycles. The lowest BCUT2D eigenvalue weighted by molar-refractivity contribution is -0.142. The molecule has 5 nitrogen and oxygen atoms in total. The number of benzene rings is 1. The summed E-state index contributed by atoms with van der Waals surface area (Å²) in [7, 11) is 0. The highest BCUT2D eigenvalue weighted by molar-refractivity contribution is 6.31. The standard InChI is InChI=1S/C16H14ClNO4/c1-11-4-5-12(17)9-14(11)18-15(19)10-22-16(20)7-6-13-3-2-8-21-13/h2-9H,10H2,1H3,(H,18,19)/b7-6+. The summed E-state index contributed by atoms with van der Waals surface area (Å²) in [6.07, 6.45) is 4.14. The van der Waals surface area contributed by atoms with E-state index in [9.17, 15) is 9.59 Å². The molecule has 0 aliphatic heterocycles. The molecule has 0 atom stereocenters. The number of amides is 1. The van der Waals surface area contributed by atoms with E-state index < -0.39 is 11.9 Å². The molecular weight excluding hydrogens is 306 g/mol. The van der Waals surface area contributed by atoms with E-state index in [0.717, 1.165) is 5.56 Å². The second kappa shape index (κ2) is 7.47. The van der Waals surface area contributed by atoms with E-state index in [4.69, 9.17) is 20.8 Å². The third-order valence-electron chi connectivity index (χ3n) is 2.75. The van der Waals surface area contributed by atoms with E-state index in [1.807, 2.05) is 6.92 Å². The molecule has 0 saturated heterocycles. The number of furan rings is 1. The quantitative estimate of drug-likeness (QED) is 0.677. The number of nitrogens with one attached hydrogen (secondary N) is 1. The molecule has 22 heavy (non-hydrogen) atoms. The van der Waals surface area contributed by atoms with Crippen molar-refractivity contribution < 1.29 is 18.7 Å². The number of carbonyl (C=O) groups excluding carboxylic acids is 2. The van der Waals surface area contributed by atoms with Crippen LogP contribution in [0.25, 0.3) is 6.08 Å². The van der Waals surface area contributed by atoms with Gasteiger partial charge in [-0.15, -0.1) is 0 Å². The van der Waals surface area contributed by atoms with Crippen LogP contribution in [-0.2, 0) is 14.3 Å². The maximum Gasteiger partial charge on any atom is 0.331 e. The number of carbonyl (C=O) groups is 2. The first kappa shape index (κ1) is 15.9. The summed E-state index contributed by atoms with van der Waals surface area (Å²) in [6.45, 7) is 1.46. The second-order valence-corrected chi connectivity index (χ2v) is 4.90. The average Bonchev–Trinajstić information content (AvgIpc) is 3.00. The Kier molecular flexibility index (Phi) is 5.38. The lowest BCUT2D eigenvalue weighted by atomic mass is 10.2. The predicted molar refractivity (Wildman–Crippen MR) is 83.5 cm³/mol. The Morgan fingerprint density at radius 2 is 2.18 bits per heavy atom. The fraction of sp³-hybridized carbons (Fsp3) is 0.125. The lowest BCUT2D eigenvalue weighted by Gasteiger charge is -2.08. The second-order valence-electron chi connectivity index (χ2n) is 4.46. The maximum absolute atomic E-state index is 11.7. The van der Waals surface area contributed by atoms with Gasteiger partial charge in [-0.25, -0.2) is 4.79 Å². The van der Waals surface area contributed by atoms with E-state index in [-0.39, 0.29) is 6.61 Å². The molecule has 1 amide bonds. The normalized spacial score (nSPS) is 10.6. The zero-order valence-corrected chi connectivity index (χ0v) is 12.6. The highest BCUT2D eigenvalue weighted by atomic mass is 35.5. The third-order valence-corrected chi connectivity index (χ3v) is 2.98. The van der Waals surface area contributed by atoms with Crippen LogP contribution in [-0.4, -0.2) is 18.5 Å². The van der Waals surface area contributed by atoms with Gasteiger partial charge in [0.05, 0.1) is 6.26 Å². The summed E-state index contributed by atoms with van der Waals surface area (Å²) in [6, 6.07) is 8.54.